The molecule has 0 bridgehead atoms. The number of aromatic nitrogens is 3. The van der Waals surface area contributed by atoms with Crippen LogP contribution in [0, 0.1) is 11.6 Å². The van der Waals surface area contributed by atoms with E-state index in [0.29, 0.717) is 0 Å². The van der Waals surface area contributed by atoms with E-state index in [0.717, 1.165) is 12.1 Å². The number of nitrogens with zero attached hydrogens (tertiary/aromatic N) is 2. The maximum atomic E-state index is 13.3. The van der Waals surface area contributed by atoms with Crippen LogP contribution in [0.15, 0.2) is 18.2 Å². The lowest BCUT2D eigenvalue weighted by Gasteiger charge is -2.04. The first-order chi connectivity index (χ1) is 8.56. The van der Waals surface area contributed by atoms with Crippen molar-refractivity contribution in [3.63, 3.8) is 0 Å². The lowest BCUT2D eigenvalue weighted by molar-refractivity contribution is 0.0940. The van der Waals surface area contributed by atoms with Gasteiger partial charge in [0, 0.05) is 18.2 Å². The smallest absolute Gasteiger partial charge is 0.288 e. The number of aromatic amines is 1. The summed E-state index contributed by atoms with van der Waals surface area (Å²) >= 11 is 0. The summed E-state index contributed by atoms with van der Waals surface area (Å²) in [7, 11) is 0. The Labute approximate surface area is 100 Å². The van der Waals surface area contributed by atoms with Crippen LogP contribution in [0.2, 0.25) is 0 Å². The van der Waals surface area contributed by atoms with Gasteiger partial charge in [-0.15, -0.1) is 5.10 Å². The molecule has 0 unspecified atom stereocenters. The second-order valence-electron chi connectivity index (χ2n) is 3.46. The van der Waals surface area contributed by atoms with Crippen LogP contribution < -0.4 is 11.1 Å². The van der Waals surface area contributed by atoms with Gasteiger partial charge in [-0.3, -0.25) is 9.89 Å². The van der Waals surface area contributed by atoms with Gasteiger partial charge in [-0.25, -0.2) is 8.78 Å². The molecule has 0 atom stereocenters. The monoisotopic (exact) mass is 253 g/mol. The van der Waals surface area contributed by atoms with Crippen LogP contribution in [-0.4, -0.2) is 21.1 Å². The Balaban J connectivity index is 2.01. The van der Waals surface area contributed by atoms with Gasteiger partial charge in [-0.2, -0.15) is 4.98 Å². The topological polar surface area (TPSA) is 96.7 Å². The number of amides is 1. The molecule has 8 heteroatoms. The molecule has 6 nitrogen and oxygen atoms in total. The van der Waals surface area contributed by atoms with Crippen molar-refractivity contribution in [2.24, 2.45) is 0 Å². The van der Waals surface area contributed by atoms with Crippen molar-refractivity contribution < 1.29 is 13.6 Å². The number of halogens is 2. The van der Waals surface area contributed by atoms with E-state index in [4.69, 9.17) is 5.73 Å². The average molecular weight is 253 g/mol. The quantitative estimate of drug-likeness (QED) is 0.746. The molecule has 0 radical (unpaired) electrons. The summed E-state index contributed by atoms with van der Waals surface area (Å²) in [4.78, 5) is 15.1. The lowest BCUT2D eigenvalue weighted by Crippen LogP contribution is -2.24. The van der Waals surface area contributed by atoms with E-state index in [-0.39, 0.29) is 23.9 Å². The van der Waals surface area contributed by atoms with Gasteiger partial charge in [0.15, 0.2) is 0 Å². The van der Waals surface area contributed by atoms with Crippen LogP contribution in [0.4, 0.5) is 14.7 Å². The summed E-state index contributed by atoms with van der Waals surface area (Å²) in [6, 6.07) is 3.10. The van der Waals surface area contributed by atoms with Crippen molar-refractivity contribution in [1.82, 2.24) is 20.5 Å². The van der Waals surface area contributed by atoms with E-state index in [9.17, 15) is 13.6 Å². The molecule has 2 aromatic rings. The molecule has 0 spiro atoms. The number of anilines is 1. The Morgan fingerprint density at radius 2 is 2.22 bits per heavy atom. The van der Waals surface area contributed by atoms with E-state index in [1.165, 1.54) is 6.07 Å². The second kappa shape index (κ2) is 4.78. The highest BCUT2D eigenvalue weighted by atomic mass is 19.1. The van der Waals surface area contributed by atoms with Crippen molar-refractivity contribution in [2.75, 3.05) is 5.73 Å². The Morgan fingerprint density at radius 1 is 1.44 bits per heavy atom. The summed E-state index contributed by atoms with van der Waals surface area (Å²) in [6.07, 6.45) is 0. The maximum absolute atomic E-state index is 13.3. The molecule has 1 aromatic heterocycles. The van der Waals surface area contributed by atoms with Crippen LogP contribution in [-0.2, 0) is 6.54 Å². The number of carbonyl (C=O) groups is 1. The molecule has 0 saturated carbocycles. The summed E-state index contributed by atoms with van der Waals surface area (Å²) in [5, 5.41) is 8.19. The Morgan fingerprint density at radius 3 is 2.83 bits per heavy atom. The van der Waals surface area contributed by atoms with Gasteiger partial charge in [-0.1, -0.05) is 6.07 Å². The van der Waals surface area contributed by atoms with Crippen molar-refractivity contribution >= 4 is 11.9 Å². The van der Waals surface area contributed by atoms with E-state index < -0.39 is 17.5 Å². The molecule has 0 fully saturated rings. The number of nitrogens with one attached hydrogen (secondary N) is 2. The molecule has 4 N–H and O–H groups in total. The highest BCUT2D eigenvalue weighted by Crippen LogP contribution is 2.09. The van der Waals surface area contributed by atoms with Crippen LogP contribution in [0.25, 0.3) is 0 Å². The van der Waals surface area contributed by atoms with E-state index >= 15 is 0 Å². The van der Waals surface area contributed by atoms with Crippen LogP contribution in [0.1, 0.15) is 16.2 Å². The van der Waals surface area contributed by atoms with Gasteiger partial charge in [0.2, 0.25) is 11.8 Å². The first-order valence-electron chi connectivity index (χ1n) is 4.96. The standard InChI is InChI=1S/C10H9F2N5O/c11-6-2-1-5(7(12)3-6)4-14-9(18)8-15-10(13)17-16-8/h1-3H,4H2,(H,14,18)(H3,13,15,16,17). The number of rotatable bonds is 3. The van der Waals surface area contributed by atoms with E-state index in [1.807, 2.05) is 0 Å². The fraction of sp³-hybridized carbons (Fsp3) is 0.100. The minimum atomic E-state index is -0.729. The molecule has 18 heavy (non-hydrogen) atoms. The van der Waals surface area contributed by atoms with E-state index in [2.05, 4.69) is 20.5 Å². The molecule has 0 aliphatic rings. The third-order valence-corrected chi connectivity index (χ3v) is 2.17. The third-order valence-electron chi connectivity index (χ3n) is 2.17. The molecule has 94 valence electrons. The van der Waals surface area contributed by atoms with Crippen molar-refractivity contribution in [3.05, 3.63) is 41.2 Å². The first kappa shape index (κ1) is 12.0. The summed E-state index contributed by atoms with van der Waals surface area (Å²) in [5.41, 5.74) is 5.39. The average Bonchev–Trinajstić information content (AvgIpc) is 2.74. The molecule has 0 aliphatic heterocycles. The lowest BCUT2D eigenvalue weighted by atomic mass is 10.2. The Bertz CT molecular complexity index is 583. The summed E-state index contributed by atoms with van der Waals surface area (Å²) < 4.78 is 25.9. The van der Waals surface area contributed by atoms with Gasteiger partial charge in [-0.05, 0) is 6.07 Å². The number of benzene rings is 1. The Kier molecular flexibility index (Phi) is 3.18. The largest absolute Gasteiger partial charge is 0.366 e. The van der Waals surface area contributed by atoms with Crippen LogP contribution in [0.5, 0.6) is 0 Å². The van der Waals surface area contributed by atoms with E-state index in [1.54, 1.807) is 0 Å². The number of hydrogen-bond donors (Lipinski definition) is 3. The minimum absolute atomic E-state index is 0.0619. The highest BCUT2D eigenvalue weighted by molar-refractivity contribution is 5.90. The second-order valence-corrected chi connectivity index (χ2v) is 3.46. The Hall–Kier alpha value is -2.51. The zero-order valence-corrected chi connectivity index (χ0v) is 9.08. The zero-order chi connectivity index (χ0) is 13.1. The SMILES string of the molecule is Nc1n[nH]c(C(=O)NCc2ccc(F)cc2F)n1. The van der Waals surface area contributed by atoms with Gasteiger partial charge in [0.05, 0.1) is 0 Å². The number of hydrogen-bond acceptors (Lipinski definition) is 4. The zero-order valence-electron chi connectivity index (χ0n) is 9.08. The number of carbonyl (C=O) groups excluding carboxylic acids is 1. The summed E-state index contributed by atoms with van der Waals surface area (Å²) in [5.74, 6) is -2.12. The first-order valence-corrected chi connectivity index (χ1v) is 4.96. The van der Waals surface area contributed by atoms with Gasteiger partial charge >= 0.3 is 0 Å². The molecule has 1 aromatic carbocycles. The van der Waals surface area contributed by atoms with Crippen molar-refractivity contribution in [1.29, 1.82) is 0 Å². The number of nitrogen functional groups attached to an aromatic ring is 1. The van der Waals surface area contributed by atoms with Gasteiger partial charge in [0.1, 0.15) is 11.6 Å². The molecule has 0 aliphatic carbocycles. The van der Waals surface area contributed by atoms with Gasteiger partial charge in [0.25, 0.3) is 5.91 Å². The number of H-pyrrole nitrogens is 1. The minimum Gasteiger partial charge on any atom is -0.366 e. The number of nitrogens with two attached hydrogens (primary N) is 1. The summed E-state index contributed by atoms with van der Waals surface area (Å²) in [6.45, 7) is -0.0917. The molecule has 1 heterocycles. The van der Waals surface area contributed by atoms with Crippen molar-refractivity contribution in [3.8, 4) is 0 Å². The molecule has 0 saturated heterocycles. The van der Waals surface area contributed by atoms with Crippen LogP contribution in [0.3, 0.4) is 0 Å². The van der Waals surface area contributed by atoms with Crippen LogP contribution >= 0.6 is 0 Å². The normalized spacial score (nSPS) is 10.3. The molecular formula is C10H9F2N5O. The molecule has 1 amide bonds. The predicted octanol–water partition coefficient (Wildman–Crippen LogP) is 0.595. The van der Waals surface area contributed by atoms with Gasteiger partial charge < -0.3 is 11.1 Å². The third kappa shape index (κ3) is 2.59. The fourth-order valence-corrected chi connectivity index (χ4v) is 1.30. The highest BCUT2D eigenvalue weighted by Gasteiger charge is 2.11. The van der Waals surface area contributed by atoms with Crippen molar-refractivity contribution in [2.45, 2.75) is 6.54 Å². The maximum Gasteiger partial charge on any atom is 0.288 e. The predicted molar refractivity (Wildman–Crippen MR) is 58.3 cm³/mol. The molecular weight excluding hydrogens is 244 g/mol. The fourth-order valence-electron chi connectivity index (χ4n) is 1.30. The molecule has 2 rings (SSSR count).